The van der Waals surface area contributed by atoms with Crippen molar-refractivity contribution in [1.82, 2.24) is 5.32 Å². The average molecular weight is 213 g/mol. The molecule has 0 aromatic carbocycles. The minimum Gasteiger partial charge on any atom is -0.380 e. The maximum Gasteiger partial charge on any atom is 0.0620 e. The van der Waals surface area contributed by atoms with E-state index in [0.717, 1.165) is 33.0 Å². The fourth-order valence-electron chi connectivity index (χ4n) is 2.43. The van der Waals surface area contributed by atoms with Crippen molar-refractivity contribution in [2.45, 2.75) is 33.2 Å². The highest BCUT2D eigenvalue weighted by molar-refractivity contribution is 4.98. The molecule has 2 rings (SSSR count). The number of hydrogen-bond acceptors (Lipinski definition) is 3. The molecule has 1 unspecified atom stereocenters. The maximum absolute atomic E-state index is 5.51. The number of rotatable bonds is 2. The Balaban J connectivity index is 1.95. The van der Waals surface area contributed by atoms with Crippen LogP contribution in [0.25, 0.3) is 0 Å². The summed E-state index contributed by atoms with van der Waals surface area (Å²) in [5.41, 5.74) is 0.676. The highest BCUT2D eigenvalue weighted by Crippen LogP contribution is 2.48. The fraction of sp³-hybridized carbons (Fsp3) is 1.00. The van der Waals surface area contributed by atoms with Crippen molar-refractivity contribution in [1.29, 1.82) is 0 Å². The normalized spacial score (nSPS) is 31.0. The van der Waals surface area contributed by atoms with Crippen LogP contribution in [0, 0.1) is 10.8 Å². The van der Waals surface area contributed by atoms with Crippen LogP contribution >= 0.6 is 0 Å². The molecule has 1 atom stereocenters. The molecule has 88 valence electrons. The number of ether oxygens (including phenoxy) is 2. The summed E-state index contributed by atoms with van der Waals surface area (Å²) in [5.74, 6) is 0. The molecule has 3 nitrogen and oxygen atoms in total. The highest BCUT2D eigenvalue weighted by atomic mass is 16.5. The van der Waals surface area contributed by atoms with E-state index in [9.17, 15) is 0 Å². The first-order valence-corrected chi connectivity index (χ1v) is 5.92. The maximum atomic E-state index is 5.51. The van der Waals surface area contributed by atoms with Gasteiger partial charge in [0.25, 0.3) is 0 Å². The molecule has 0 aliphatic carbocycles. The van der Waals surface area contributed by atoms with E-state index in [1.54, 1.807) is 0 Å². The Labute approximate surface area is 92.5 Å². The van der Waals surface area contributed by atoms with Crippen LogP contribution in [0.15, 0.2) is 0 Å². The van der Waals surface area contributed by atoms with Crippen LogP contribution in [0.5, 0.6) is 0 Å². The molecular weight excluding hydrogens is 190 g/mol. The van der Waals surface area contributed by atoms with Gasteiger partial charge in [-0.2, -0.15) is 0 Å². The summed E-state index contributed by atoms with van der Waals surface area (Å²) >= 11 is 0. The Morgan fingerprint density at radius 2 is 2.00 bits per heavy atom. The minimum atomic E-state index is 0.324. The second-order valence-corrected chi connectivity index (χ2v) is 5.95. The second-order valence-electron chi connectivity index (χ2n) is 5.95. The van der Waals surface area contributed by atoms with E-state index < -0.39 is 0 Å². The molecule has 0 bridgehead atoms. The number of morpholine rings is 1. The van der Waals surface area contributed by atoms with Gasteiger partial charge in [0.05, 0.1) is 26.4 Å². The van der Waals surface area contributed by atoms with Crippen LogP contribution in [0.2, 0.25) is 0 Å². The first kappa shape index (κ1) is 11.4. The lowest BCUT2D eigenvalue weighted by Crippen LogP contribution is -2.56. The number of hydrogen-bond donors (Lipinski definition) is 1. The van der Waals surface area contributed by atoms with E-state index in [2.05, 4.69) is 26.1 Å². The summed E-state index contributed by atoms with van der Waals surface area (Å²) in [5, 5.41) is 3.53. The van der Waals surface area contributed by atoms with Gasteiger partial charge in [0.15, 0.2) is 0 Å². The van der Waals surface area contributed by atoms with Crippen molar-refractivity contribution in [3.8, 4) is 0 Å². The molecule has 1 N–H and O–H groups in total. The van der Waals surface area contributed by atoms with Crippen molar-refractivity contribution >= 4 is 0 Å². The zero-order valence-corrected chi connectivity index (χ0v) is 10.1. The van der Waals surface area contributed by atoms with Crippen LogP contribution in [0.1, 0.15) is 27.2 Å². The monoisotopic (exact) mass is 213 g/mol. The zero-order chi connectivity index (χ0) is 10.9. The molecule has 15 heavy (non-hydrogen) atoms. The average Bonchev–Trinajstić information content (AvgIpc) is 2.11. The minimum absolute atomic E-state index is 0.324. The third-order valence-corrected chi connectivity index (χ3v) is 3.98. The Hall–Kier alpha value is -0.120. The smallest absolute Gasteiger partial charge is 0.0620 e. The van der Waals surface area contributed by atoms with Crippen LogP contribution in [-0.2, 0) is 9.47 Å². The molecule has 0 radical (unpaired) electrons. The Morgan fingerprint density at radius 1 is 1.27 bits per heavy atom. The van der Waals surface area contributed by atoms with E-state index in [0.29, 0.717) is 16.9 Å². The molecule has 0 aromatic heterocycles. The predicted molar refractivity (Wildman–Crippen MR) is 59.9 cm³/mol. The van der Waals surface area contributed by atoms with Gasteiger partial charge in [0.1, 0.15) is 0 Å². The summed E-state index contributed by atoms with van der Waals surface area (Å²) in [6.07, 6.45) is 1.18. The molecule has 2 aliphatic rings. The third kappa shape index (κ3) is 2.19. The molecule has 0 spiro atoms. The van der Waals surface area contributed by atoms with E-state index in [1.807, 2.05) is 0 Å². The van der Waals surface area contributed by atoms with Gasteiger partial charge >= 0.3 is 0 Å². The van der Waals surface area contributed by atoms with E-state index in [-0.39, 0.29) is 0 Å². The van der Waals surface area contributed by atoms with Crippen molar-refractivity contribution in [3.05, 3.63) is 0 Å². The van der Waals surface area contributed by atoms with Gasteiger partial charge in [0, 0.05) is 18.0 Å². The van der Waals surface area contributed by atoms with Crippen LogP contribution in [-0.4, -0.2) is 39.0 Å². The van der Waals surface area contributed by atoms with Gasteiger partial charge in [-0.25, -0.2) is 0 Å². The molecule has 3 heteroatoms. The van der Waals surface area contributed by atoms with Crippen LogP contribution < -0.4 is 5.32 Å². The molecule has 0 aromatic rings. The standard InChI is InChI=1S/C12H23NO2/c1-11(2,3)12(8-15-9-12)6-10-7-14-5-4-13-10/h10,13H,4-9H2,1-3H3. The summed E-state index contributed by atoms with van der Waals surface area (Å²) in [6, 6.07) is 0.516. The lowest BCUT2D eigenvalue weighted by Gasteiger charge is -2.52. The molecule has 2 saturated heterocycles. The largest absolute Gasteiger partial charge is 0.380 e. The van der Waals surface area contributed by atoms with Crippen molar-refractivity contribution in [2.24, 2.45) is 10.8 Å². The first-order chi connectivity index (χ1) is 7.04. The van der Waals surface area contributed by atoms with Gasteiger partial charge in [-0.3, -0.25) is 0 Å². The zero-order valence-electron chi connectivity index (χ0n) is 10.1. The summed E-state index contributed by atoms with van der Waals surface area (Å²) in [4.78, 5) is 0. The lowest BCUT2D eigenvalue weighted by molar-refractivity contribution is -0.181. The molecule has 0 saturated carbocycles. The SMILES string of the molecule is CC(C)(C)C1(CC2COCCN2)COC1. The van der Waals surface area contributed by atoms with Gasteiger partial charge in [-0.15, -0.1) is 0 Å². The van der Waals surface area contributed by atoms with Gasteiger partial charge in [-0.05, 0) is 11.8 Å². The fourth-order valence-corrected chi connectivity index (χ4v) is 2.43. The van der Waals surface area contributed by atoms with Crippen LogP contribution in [0.4, 0.5) is 0 Å². The van der Waals surface area contributed by atoms with Gasteiger partial charge < -0.3 is 14.8 Å². The van der Waals surface area contributed by atoms with Crippen LogP contribution in [0.3, 0.4) is 0 Å². The Morgan fingerprint density at radius 3 is 2.40 bits per heavy atom. The van der Waals surface area contributed by atoms with Gasteiger partial charge in [-0.1, -0.05) is 20.8 Å². The molecule has 2 heterocycles. The highest BCUT2D eigenvalue weighted by Gasteiger charge is 2.49. The topological polar surface area (TPSA) is 30.5 Å². The third-order valence-electron chi connectivity index (χ3n) is 3.98. The van der Waals surface area contributed by atoms with Crippen molar-refractivity contribution in [3.63, 3.8) is 0 Å². The number of nitrogens with one attached hydrogen (secondary N) is 1. The summed E-state index contributed by atoms with van der Waals surface area (Å²) in [7, 11) is 0. The molecule has 0 amide bonds. The Bertz CT molecular complexity index is 212. The second kappa shape index (κ2) is 4.04. The predicted octanol–water partition coefficient (Wildman–Crippen LogP) is 1.43. The van der Waals surface area contributed by atoms with Crippen molar-refractivity contribution < 1.29 is 9.47 Å². The van der Waals surface area contributed by atoms with E-state index >= 15 is 0 Å². The molecule has 2 fully saturated rings. The summed E-state index contributed by atoms with van der Waals surface area (Å²) < 4.78 is 10.9. The van der Waals surface area contributed by atoms with E-state index in [1.165, 1.54) is 6.42 Å². The van der Waals surface area contributed by atoms with E-state index in [4.69, 9.17) is 9.47 Å². The molecular formula is C12H23NO2. The summed E-state index contributed by atoms with van der Waals surface area (Å²) in [6.45, 7) is 11.5. The van der Waals surface area contributed by atoms with Crippen molar-refractivity contribution in [2.75, 3.05) is 33.0 Å². The first-order valence-electron chi connectivity index (χ1n) is 5.92. The van der Waals surface area contributed by atoms with Gasteiger partial charge in [0.2, 0.25) is 0 Å². The lowest BCUT2D eigenvalue weighted by atomic mass is 9.62. The quantitative estimate of drug-likeness (QED) is 0.752. The Kier molecular flexibility index (Phi) is 3.06. The molecule has 2 aliphatic heterocycles.